The first-order chi connectivity index (χ1) is 1.73. The van der Waals surface area contributed by atoms with E-state index in [1.807, 2.05) is 0 Å². The number of hydrogen-bond donors (Lipinski definition) is 1. The molecule has 0 bridgehead atoms. The molecule has 0 saturated heterocycles. The number of nitrogens with zero attached hydrogens (tertiary/aromatic N) is 1. The average molecular weight is 169 g/mol. The first-order valence-electron chi connectivity index (χ1n) is 0.565. The first kappa shape index (κ1) is 22.5. The van der Waals surface area contributed by atoms with Crippen molar-refractivity contribution in [3.8, 4) is 0 Å². The standard InChI is InChI=1S/Ca.K.HNO3.Na.4H/c;;2-1(3)4;;;;;/h;;(H,2,3,4);;;;;. The summed E-state index contributed by atoms with van der Waals surface area (Å²) in [5, 5.41) is 13.6. The van der Waals surface area contributed by atoms with Crippen LogP contribution in [0.4, 0.5) is 0 Å². The van der Waals surface area contributed by atoms with Crippen molar-refractivity contribution < 1.29 is 10.3 Å². The Labute approximate surface area is 135 Å². The van der Waals surface area contributed by atoms with Gasteiger partial charge in [-0.05, 0) is 0 Å². The molecule has 0 spiro atoms. The average Bonchev–Trinajstić information content (AvgIpc) is 0.811. The first-order valence-corrected chi connectivity index (χ1v) is 0.565. The molecule has 0 rings (SSSR count). The van der Waals surface area contributed by atoms with Crippen molar-refractivity contribution in [1.82, 2.24) is 0 Å². The minimum atomic E-state index is -1.50. The SMILES string of the molecule is O=[N+]([O-])O.[CaH2].[KH].[NaH]. The zero-order valence-corrected chi connectivity index (χ0v) is 1.71. The predicted molar refractivity (Wildman–Crippen MR) is 31.6 cm³/mol. The topological polar surface area (TPSA) is 63.4 Å². The van der Waals surface area contributed by atoms with E-state index in [0.29, 0.717) is 0 Å². The molecule has 0 aliphatic carbocycles. The second-order valence-electron chi connectivity index (χ2n) is 0.238. The van der Waals surface area contributed by atoms with Crippen molar-refractivity contribution in [3.63, 3.8) is 0 Å². The summed E-state index contributed by atoms with van der Waals surface area (Å²) in [5.41, 5.74) is 0. The van der Waals surface area contributed by atoms with Gasteiger partial charge in [0.1, 0.15) is 0 Å². The molecule has 7 heteroatoms. The molecule has 1 N–H and O–H groups in total. The van der Waals surface area contributed by atoms with E-state index in [9.17, 15) is 0 Å². The van der Waals surface area contributed by atoms with Crippen molar-refractivity contribution in [1.29, 1.82) is 0 Å². The quantitative estimate of drug-likeness (QED) is 0.246. The third kappa shape index (κ3) is 47.8. The molecule has 0 aromatic carbocycles. The fourth-order valence-electron chi connectivity index (χ4n) is 0. The van der Waals surface area contributed by atoms with Crippen LogP contribution >= 0.6 is 0 Å². The van der Waals surface area contributed by atoms with Gasteiger partial charge in [0.2, 0.25) is 0 Å². The van der Waals surface area contributed by atoms with Crippen molar-refractivity contribution in [2.24, 2.45) is 0 Å². The van der Waals surface area contributed by atoms with Gasteiger partial charge in [-0.2, -0.15) is 0 Å². The number of hydrogen-bond acceptors (Lipinski definition) is 2. The van der Waals surface area contributed by atoms with E-state index in [1.165, 1.54) is 0 Å². The van der Waals surface area contributed by atoms with Crippen LogP contribution in [-0.4, -0.2) is 129 Å². The van der Waals surface area contributed by atoms with Crippen LogP contribution in [0, 0.1) is 10.1 Å². The Morgan fingerprint density at radius 3 is 1.57 bits per heavy atom. The van der Waals surface area contributed by atoms with Crippen LogP contribution in [0.15, 0.2) is 0 Å². The van der Waals surface area contributed by atoms with Gasteiger partial charge in [0.15, 0.2) is 0 Å². The maximum absolute atomic E-state index is 8.36. The van der Waals surface area contributed by atoms with Gasteiger partial charge in [-0.1, -0.05) is 0 Å². The monoisotopic (exact) mass is 169 g/mol. The summed E-state index contributed by atoms with van der Waals surface area (Å²) in [5.74, 6) is 0. The molecule has 0 unspecified atom stereocenters. The molecule has 0 atom stereocenters. The maximum atomic E-state index is 8.36. The van der Waals surface area contributed by atoms with Crippen LogP contribution in [0.25, 0.3) is 0 Å². The second-order valence-corrected chi connectivity index (χ2v) is 0.238. The van der Waals surface area contributed by atoms with Crippen LogP contribution in [0.3, 0.4) is 0 Å². The summed E-state index contributed by atoms with van der Waals surface area (Å²) >= 11 is 0. The van der Waals surface area contributed by atoms with Crippen molar-refractivity contribution in [2.75, 3.05) is 0 Å². The van der Waals surface area contributed by atoms with Crippen LogP contribution in [0.1, 0.15) is 0 Å². The van der Waals surface area contributed by atoms with Gasteiger partial charge in [-0.15, -0.1) is 10.1 Å². The summed E-state index contributed by atoms with van der Waals surface area (Å²) in [6.07, 6.45) is 0. The Bertz CT molecular complexity index is 37.9. The van der Waals surface area contributed by atoms with Gasteiger partial charge in [0.05, 0.1) is 0 Å². The molecule has 4 nitrogen and oxygen atoms in total. The summed E-state index contributed by atoms with van der Waals surface area (Å²) in [6, 6.07) is 0. The van der Waals surface area contributed by atoms with Gasteiger partial charge in [-0.25, -0.2) is 0 Å². The molecule has 0 aliphatic heterocycles. The Morgan fingerprint density at radius 2 is 1.57 bits per heavy atom. The zero-order chi connectivity index (χ0) is 3.58. The van der Waals surface area contributed by atoms with Crippen LogP contribution in [0.2, 0.25) is 0 Å². The third-order valence-electron chi connectivity index (χ3n) is 0. The van der Waals surface area contributed by atoms with Crippen LogP contribution in [0.5, 0.6) is 0 Å². The number of rotatable bonds is 0. The van der Waals surface area contributed by atoms with Gasteiger partial charge in [0.25, 0.3) is 5.09 Å². The molecule has 0 aliphatic rings. The molecule has 0 aromatic rings. The van der Waals surface area contributed by atoms with Crippen molar-refractivity contribution >= 4 is 119 Å². The molecule has 32 valence electrons. The van der Waals surface area contributed by atoms with Crippen molar-refractivity contribution in [3.05, 3.63) is 10.1 Å². The summed E-state index contributed by atoms with van der Waals surface area (Å²) < 4.78 is 0. The Hall–Kier alpha value is 3.10. The van der Waals surface area contributed by atoms with Gasteiger partial charge < -0.3 is 5.21 Å². The second kappa shape index (κ2) is 16.0. The normalized spacial score (nSPS) is 3.43. The van der Waals surface area contributed by atoms with E-state index in [-0.39, 0.29) is 119 Å². The third-order valence-corrected chi connectivity index (χ3v) is 0. The molecule has 0 aromatic heterocycles. The van der Waals surface area contributed by atoms with E-state index in [0.717, 1.165) is 0 Å². The Balaban J connectivity index is -0.0000000150. The van der Waals surface area contributed by atoms with E-state index < -0.39 is 5.09 Å². The fraction of sp³-hybridized carbons (Fsp3) is 0. The Kier molecular flexibility index (Phi) is 51.5. The summed E-state index contributed by atoms with van der Waals surface area (Å²) in [7, 11) is 0. The van der Waals surface area contributed by atoms with Gasteiger partial charge in [0, 0.05) is 0 Å². The predicted octanol–water partition coefficient (Wildman–Crippen LogP) is -2.56. The van der Waals surface area contributed by atoms with E-state index >= 15 is 0 Å². The molecular weight excluding hydrogens is 164 g/mol. The van der Waals surface area contributed by atoms with Gasteiger partial charge >= 0.3 is 119 Å². The molecular formula is H5CaKNNaO3. The zero-order valence-electron chi connectivity index (χ0n) is 1.71. The van der Waals surface area contributed by atoms with Crippen LogP contribution < -0.4 is 0 Å². The fourth-order valence-corrected chi connectivity index (χ4v) is 0. The van der Waals surface area contributed by atoms with E-state index in [1.54, 1.807) is 0 Å². The van der Waals surface area contributed by atoms with Crippen LogP contribution in [-0.2, 0) is 0 Å². The molecule has 7 heavy (non-hydrogen) atoms. The molecule has 0 saturated carbocycles. The Morgan fingerprint density at radius 1 is 1.57 bits per heavy atom. The van der Waals surface area contributed by atoms with E-state index in [2.05, 4.69) is 0 Å². The molecule has 0 radical (unpaired) electrons. The van der Waals surface area contributed by atoms with Crippen molar-refractivity contribution in [2.45, 2.75) is 0 Å². The molecule has 0 fully saturated rings. The molecule has 0 amide bonds. The van der Waals surface area contributed by atoms with E-state index in [4.69, 9.17) is 15.3 Å². The minimum absolute atomic E-state index is 0. The van der Waals surface area contributed by atoms with Gasteiger partial charge in [-0.3, -0.25) is 0 Å². The molecule has 0 heterocycles. The summed E-state index contributed by atoms with van der Waals surface area (Å²) in [4.78, 5) is 8.36. The summed E-state index contributed by atoms with van der Waals surface area (Å²) in [6.45, 7) is 0.